The van der Waals surface area contributed by atoms with Crippen molar-refractivity contribution in [2.24, 2.45) is 0 Å². The van der Waals surface area contributed by atoms with Crippen LogP contribution in [0.4, 0.5) is 0 Å². The average molecular weight is 421 g/mol. The van der Waals surface area contributed by atoms with Crippen LogP contribution in [-0.4, -0.2) is 0 Å². The van der Waals surface area contributed by atoms with E-state index in [0.717, 1.165) is 0 Å². The number of rotatable bonds is 26. The van der Waals surface area contributed by atoms with Gasteiger partial charge in [-0.2, -0.15) is 0 Å². The Bertz CT molecular complexity index is 303. The fourth-order valence-electron chi connectivity index (χ4n) is 4.44. The maximum Gasteiger partial charge on any atom is -0.0351 e. The second-order valence-electron chi connectivity index (χ2n) is 9.83. The van der Waals surface area contributed by atoms with E-state index in [0.29, 0.717) is 0 Å². The minimum atomic E-state index is 1.31. The summed E-state index contributed by atoms with van der Waals surface area (Å²) in [4.78, 5) is 0. The first kappa shape index (κ1) is 29.7. The number of hydrogen-bond acceptors (Lipinski definition) is 0. The highest BCUT2D eigenvalue weighted by atomic mass is 14.0. The summed E-state index contributed by atoms with van der Waals surface area (Å²) in [5.74, 6) is 0. The van der Waals surface area contributed by atoms with Gasteiger partial charge in [-0.1, -0.05) is 167 Å². The molecule has 0 amide bonds. The van der Waals surface area contributed by atoms with E-state index in [1.165, 1.54) is 167 Å². The Morgan fingerprint density at radius 1 is 0.267 bits per heavy atom. The molecule has 0 heteroatoms. The minimum Gasteiger partial charge on any atom is -0.0885 e. The monoisotopic (exact) mass is 420 g/mol. The van der Waals surface area contributed by atoms with E-state index in [9.17, 15) is 0 Å². The van der Waals surface area contributed by atoms with E-state index in [2.05, 4.69) is 26.0 Å². The van der Waals surface area contributed by atoms with E-state index < -0.39 is 0 Å². The molecule has 0 aromatic heterocycles. The first-order valence-electron chi connectivity index (χ1n) is 14.6. The molecular weight excluding hydrogens is 360 g/mol. The molecule has 0 radical (unpaired) electrons. The van der Waals surface area contributed by atoms with Crippen molar-refractivity contribution in [3.8, 4) is 0 Å². The summed E-state index contributed by atoms with van der Waals surface area (Å²) in [7, 11) is 0. The molecule has 0 saturated carbocycles. The molecule has 180 valence electrons. The topological polar surface area (TPSA) is 0 Å². The van der Waals surface area contributed by atoms with Crippen molar-refractivity contribution >= 4 is 0 Å². The summed E-state index contributed by atoms with van der Waals surface area (Å²) in [6, 6.07) is 0. The van der Waals surface area contributed by atoms with Crippen LogP contribution in [0, 0.1) is 0 Å². The molecule has 0 aliphatic carbocycles. The number of allylic oxidation sites excluding steroid dienone is 2. The maximum atomic E-state index is 2.44. The van der Waals surface area contributed by atoms with E-state index in [4.69, 9.17) is 0 Å². The largest absolute Gasteiger partial charge is 0.0885 e. The molecule has 0 heterocycles. The lowest BCUT2D eigenvalue weighted by Crippen LogP contribution is -1.84. The molecule has 0 spiro atoms. The van der Waals surface area contributed by atoms with Gasteiger partial charge in [-0.3, -0.25) is 0 Å². The van der Waals surface area contributed by atoms with Crippen LogP contribution in [0.1, 0.15) is 181 Å². The number of unbranched alkanes of at least 4 members (excludes halogenated alkanes) is 24. The Kier molecular flexibility index (Phi) is 28.5. The van der Waals surface area contributed by atoms with Gasteiger partial charge in [-0.25, -0.2) is 0 Å². The van der Waals surface area contributed by atoms with Gasteiger partial charge in [0.15, 0.2) is 0 Å². The minimum absolute atomic E-state index is 1.31. The Morgan fingerprint density at radius 2 is 0.467 bits per heavy atom. The van der Waals surface area contributed by atoms with Crippen molar-refractivity contribution in [3.63, 3.8) is 0 Å². The van der Waals surface area contributed by atoms with Crippen molar-refractivity contribution in [3.05, 3.63) is 12.2 Å². The van der Waals surface area contributed by atoms with Gasteiger partial charge in [0.05, 0.1) is 0 Å². The second-order valence-corrected chi connectivity index (χ2v) is 9.83. The molecule has 0 rings (SSSR count). The van der Waals surface area contributed by atoms with Crippen LogP contribution in [0.25, 0.3) is 0 Å². The molecule has 0 aliphatic rings. The van der Waals surface area contributed by atoms with Crippen LogP contribution in [0.2, 0.25) is 0 Å². The normalized spacial score (nSPS) is 11.7. The lowest BCUT2D eigenvalue weighted by atomic mass is 10.0. The third kappa shape index (κ3) is 27.7. The zero-order valence-electron chi connectivity index (χ0n) is 21.5. The lowest BCUT2D eigenvalue weighted by Gasteiger charge is -2.03. The Morgan fingerprint density at radius 3 is 0.700 bits per heavy atom. The summed E-state index contributed by atoms with van der Waals surface area (Å²) in [5.41, 5.74) is 0. The van der Waals surface area contributed by atoms with E-state index in [1.54, 1.807) is 0 Å². The number of hydrogen-bond donors (Lipinski definition) is 0. The predicted octanol–water partition coefficient (Wildman–Crippen LogP) is 11.7. The maximum absolute atomic E-state index is 2.44. The molecule has 0 unspecified atom stereocenters. The molecule has 0 aliphatic heterocycles. The van der Waals surface area contributed by atoms with E-state index in [1.807, 2.05) is 0 Å². The SMILES string of the molecule is CCCCCCCC/C=C/CCCCCCCCCCCCCCCCCCCC. The zero-order chi connectivity index (χ0) is 21.8. The van der Waals surface area contributed by atoms with Crippen molar-refractivity contribution in [2.75, 3.05) is 0 Å². The molecule has 0 aromatic rings. The van der Waals surface area contributed by atoms with Crippen LogP contribution in [0.15, 0.2) is 12.2 Å². The fourth-order valence-corrected chi connectivity index (χ4v) is 4.44. The first-order valence-corrected chi connectivity index (χ1v) is 14.6. The highest BCUT2D eigenvalue weighted by molar-refractivity contribution is 4.81. The lowest BCUT2D eigenvalue weighted by molar-refractivity contribution is 0.525. The van der Waals surface area contributed by atoms with Crippen molar-refractivity contribution < 1.29 is 0 Å². The van der Waals surface area contributed by atoms with Gasteiger partial charge in [-0.15, -0.1) is 0 Å². The summed E-state index contributed by atoms with van der Waals surface area (Å²) in [5, 5.41) is 0. The van der Waals surface area contributed by atoms with Gasteiger partial charge in [-0.05, 0) is 25.7 Å². The quantitative estimate of drug-likeness (QED) is 0.0963. The summed E-state index contributed by atoms with van der Waals surface area (Å²) >= 11 is 0. The van der Waals surface area contributed by atoms with Gasteiger partial charge >= 0.3 is 0 Å². The third-order valence-corrected chi connectivity index (χ3v) is 6.62. The summed E-state index contributed by atoms with van der Waals surface area (Å²) in [6.07, 6.45) is 42.4. The fraction of sp³-hybridized carbons (Fsp3) is 0.933. The van der Waals surface area contributed by atoms with Gasteiger partial charge in [0.2, 0.25) is 0 Å². The molecule has 0 nitrogen and oxygen atoms in total. The van der Waals surface area contributed by atoms with Gasteiger partial charge in [0.25, 0.3) is 0 Å². The van der Waals surface area contributed by atoms with Crippen LogP contribution in [0.5, 0.6) is 0 Å². The summed E-state index contributed by atoms with van der Waals surface area (Å²) in [6.45, 7) is 4.60. The van der Waals surface area contributed by atoms with Crippen LogP contribution >= 0.6 is 0 Å². The predicted molar refractivity (Wildman–Crippen MR) is 141 cm³/mol. The standard InChI is InChI=1S/C30H60/c1-3-5-7-9-11-13-15-17-19-21-23-25-27-29-30-28-26-24-22-20-18-16-14-12-10-8-6-4-2/h17,19H,3-16,18,20-30H2,1-2H3/b19-17+. The van der Waals surface area contributed by atoms with Gasteiger partial charge < -0.3 is 0 Å². The summed E-state index contributed by atoms with van der Waals surface area (Å²) < 4.78 is 0. The van der Waals surface area contributed by atoms with Gasteiger partial charge in [0, 0.05) is 0 Å². The van der Waals surface area contributed by atoms with E-state index >= 15 is 0 Å². The molecule has 0 atom stereocenters. The van der Waals surface area contributed by atoms with Crippen LogP contribution in [-0.2, 0) is 0 Å². The van der Waals surface area contributed by atoms with Crippen molar-refractivity contribution in [1.82, 2.24) is 0 Å². The third-order valence-electron chi connectivity index (χ3n) is 6.62. The van der Waals surface area contributed by atoms with Crippen LogP contribution < -0.4 is 0 Å². The molecular formula is C30H60. The molecule has 0 aromatic carbocycles. The average Bonchev–Trinajstić information content (AvgIpc) is 2.76. The van der Waals surface area contributed by atoms with Crippen molar-refractivity contribution in [2.45, 2.75) is 181 Å². The molecule has 0 N–H and O–H groups in total. The zero-order valence-corrected chi connectivity index (χ0v) is 21.5. The Labute approximate surface area is 193 Å². The Balaban J connectivity index is 3.04. The smallest absolute Gasteiger partial charge is 0.0351 e. The first-order chi connectivity index (χ1) is 14.9. The molecule has 0 fully saturated rings. The second kappa shape index (κ2) is 28.7. The highest BCUT2D eigenvalue weighted by Crippen LogP contribution is 2.15. The van der Waals surface area contributed by atoms with Crippen molar-refractivity contribution in [1.29, 1.82) is 0 Å². The molecule has 0 saturated heterocycles. The van der Waals surface area contributed by atoms with Crippen LogP contribution in [0.3, 0.4) is 0 Å². The molecule has 30 heavy (non-hydrogen) atoms. The van der Waals surface area contributed by atoms with E-state index in [-0.39, 0.29) is 0 Å². The molecule has 0 bridgehead atoms. The highest BCUT2D eigenvalue weighted by Gasteiger charge is 1.95. The Hall–Kier alpha value is -0.260. The van der Waals surface area contributed by atoms with Gasteiger partial charge in [0.1, 0.15) is 0 Å².